The second-order valence-corrected chi connectivity index (χ2v) is 14.4. The molecule has 0 aliphatic carbocycles. The summed E-state index contributed by atoms with van der Waals surface area (Å²) >= 11 is 0. The molecular formula is C41H73O9P. The molecule has 296 valence electrons. The molecule has 0 saturated heterocycles. The van der Waals surface area contributed by atoms with Gasteiger partial charge in [0.05, 0.1) is 26.4 Å². The molecule has 0 amide bonds. The number of esters is 1. The topological polar surface area (TPSA) is 132 Å². The number of hydrogen-bond donors (Lipinski definition) is 3. The Balaban J connectivity index is 4.29. The Morgan fingerprint density at radius 2 is 1.12 bits per heavy atom. The molecule has 3 N–H and O–H groups in total. The van der Waals surface area contributed by atoms with Crippen molar-refractivity contribution in [3.8, 4) is 0 Å². The van der Waals surface area contributed by atoms with E-state index in [9.17, 15) is 19.4 Å². The number of allylic oxidation sites excluding steroid dienone is 10. The number of carbonyl (C=O) groups excluding carboxylic acids is 1. The van der Waals surface area contributed by atoms with E-state index in [4.69, 9.17) is 23.6 Å². The van der Waals surface area contributed by atoms with Crippen molar-refractivity contribution in [3.05, 3.63) is 60.8 Å². The van der Waals surface area contributed by atoms with Gasteiger partial charge < -0.3 is 24.6 Å². The Bertz CT molecular complexity index is 976. The van der Waals surface area contributed by atoms with Crippen molar-refractivity contribution in [3.63, 3.8) is 0 Å². The standard InChI is InChI=1S/C41H73O9P/c1-3-5-7-9-11-13-15-16-17-18-19-20-21-22-23-25-27-29-31-33-41(44)50-40(38-49-51(45,46)48-36-39(43)35-42)37-47-34-32-30-28-26-24-14-12-10-8-6-4-2/h5,7,11,13,16-17,19-20,22-23,39-40,42-43H,3-4,6,8-10,12,14-15,18,21,24-38H2,1-2H3,(H,45,46)/b7-5-,13-11-,17-16-,20-19-,23-22-. The van der Waals surface area contributed by atoms with Crippen molar-refractivity contribution in [1.82, 2.24) is 0 Å². The molecule has 0 radical (unpaired) electrons. The summed E-state index contributed by atoms with van der Waals surface area (Å²) in [4.78, 5) is 22.5. The summed E-state index contributed by atoms with van der Waals surface area (Å²) in [6.07, 6.45) is 41.8. The molecule has 0 aromatic rings. The van der Waals surface area contributed by atoms with Crippen LogP contribution in [0.1, 0.15) is 149 Å². The van der Waals surface area contributed by atoms with Crippen LogP contribution in [0.15, 0.2) is 60.8 Å². The highest BCUT2D eigenvalue weighted by Crippen LogP contribution is 2.43. The SMILES string of the molecule is CC/C=C\C/C=C\C/C=C\C/C=C\C/C=C\CCCCCC(=O)OC(COCCCCCCCCCCCCC)COP(=O)(O)OCC(O)CO. The third-order valence-electron chi connectivity index (χ3n) is 7.97. The Kier molecular flexibility index (Phi) is 36.5. The number of ether oxygens (including phenoxy) is 2. The Labute approximate surface area is 310 Å². The zero-order chi connectivity index (χ0) is 37.5. The van der Waals surface area contributed by atoms with Crippen LogP contribution in [-0.2, 0) is 27.9 Å². The van der Waals surface area contributed by atoms with Crippen LogP contribution in [0.25, 0.3) is 0 Å². The lowest BCUT2D eigenvalue weighted by molar-refractivity contribution is -0.154. The van der Waals surface area contributed by atoms with Crippen molar-refractivity contribution < 1.29 is 43.0 Å². The largest absolute Gasteiger partial charge is 0.472 e. The summed E-state index contributed by atoms with van der Waals surface area (Å²) in [7, 11) is -4.52. The highest BCUT2D eigenvalue weighted by Gasteiger charge is 2.26. The van der Waals surface area contributed by atoms with Crippen molar-refractivity contribution in [2.24, 2.45) is 0 Å². The van der Waals surface area contributed by atoms with E-state index in [1.54, 1.807) is 0 Å². The van der Waals surface area contributed by atoms with Crippen LogP contribution < -0.4 is 0 Å². The maximum atomic E-state index is 12.6. The quantitative estimate of drug-likeness (QED) is 0.0246. The van der Waals surface area contributed by atoms with Gasteiger partial charge in [-0.25, -0.2) is 4.57 Å². The number of phosphoric ester groups is 1. The first kappa shape index (κ1) is 49.2. The van der Waals surface area contributed by atoms with Gasteiger partial charge in [-0.3, -0.25) is 13.8 Å². The zero-order valence-corrected chi connectivity index (χ0v) is 32.9. The van der Waals surface area contributed by atoms with E-state index in [1.807, 2.05) is 0 Å². The molecule has 0 bridgehead atoms. The number of aliphatic hydroxyl groups excluding tert-OH is 2. The average molecular weight is 741 g/mol. The highest BCUT2D eigenvalue weighted by molar-refractivity contribution is 7.47. The molecule has 0 aliphatic rings. The van der Waals surface area contributed by atoms with E-state index >= 15 is 0 Å². The molecule has 0 fully saturated rings. The van der Waals surface area contributed by atoms with Crippen LogP contribution >= 0.6 is 7.82 Å². The first-order valence-electron chi connectivity index (χ1n) is 19.8. The molecule has 0 rings (SSSR count). The third kappa shape index (κ3) is 37.7. The minimum absolute atomic E-state index is 0.0346. The van der Waals surface area contributed by atoms with Crippen LogP contribution in [0.5, 0.6) is 0 Å². The summed E-state index contributed by atoms with van der Waals surface area (Å²) in [5.74, 6) is -0.416. The highest BCUT2D eigenvalue weighted by atomic mass is 31.2. The molecule has 3 unspecified atom stereocenters. The predicted octanol–water partition coefficient (Wildman–Crippen LogP) is 10.4. The fourth-order valence-corrected chi connectivity index (χ4v) is 5.76. The zero-order valence-electron chi connectivity index (χ0n) is 32.1. The first-order chi connectivity index (χ1) is 24.8. The van der Waals surface area contributed by atoms with Crippen molar-refractivity contribution >= 4 is 13.8 Å². The van der Waals surface area contributed by atoms with Crippen molar-refractivity contribution in [2.45, 2.75) is 161 Å². The van der Waals surface area contributed by atoms with Gasteiger partial charge in [-0.15, -0.1) is 0 Å². The Hall–Kier alpha value is -1.84. The summed E-state index contributed by atoms with van der Waals surface area (Å²) < 4.78 is 33.2. The van der Waals surface area contributed by atoms with Gasteiger partial charge in [-0.1, -0.05) is 145 Å². The number of aliphatic hydroxyl groups is 2. The smallest absolute Gasteiger partial charge is 0.457 e. The van der Waals surface area contributed by atoms with Gasteiger partial charge >= 0.3 is 13.8 Å². The molecule has 0 heterocycles. The fourth-order valence-electron chi connectivity index (χ4n) is 4.97. The summed E-state index contributed by atoms with van der Waals surface area (Å²) in [5.41, 5.74) is 0. The van der Waals surface area contributed by atoms with Gasteiger partial charge in [0, 0.05) is 13.0 Å². The lowest BCUT2D eigenvalue weighted by Gasteiger charge is -2.20. The number of rotatable bonds is 37. The fraction of sp³-hybridized carbons (Fsp3) is 0.732. The molecule has 0 aromatic heterocycles. The van der Waals surface area contributed by atoms with E-state index < -0.39 is 45.8 Å². The molecule has 0 saturated carbocycles. The second kappa shape index (κ2) is 37.9. The van der Waals surface area contributed by atoms with Crippen LogP contribution in [0, 0.1) is 0 Å². The average Bonchev–Trinajstić information content (AvgIpc) is 3.12. The van der Waals surface area contributed by atoms with Gasteiger partial charge in [0.25, 0.3) is 0 Å². The van der Waals surface area contributed by atoms with E-state index in [0.717, 1.165) is 70.6 Å². The third-order valence-corrected chi connectivity index (χ3v) is 8.92. The molecule has 51 heavy (non-hydrogen) atoms. The van der Waals surface area contributed by atoms with Gasteiger partial charge in [0.2, 0.25) is 0 Å². The van der Waals surface area contributed by atoms with Gasteiger partial charge in [0.15, 0.2) is 0 Å². The van der Waals surface area contributed by atoms with Gasteiger partial charge in [-0.2, -0.15) is 0 Å². The molecule has 0 aromatic carbocycles. The number of carbonyl (C=O) groups is 1. The van der Waals surface area contributed by atoms with Crippen LogP contribution in [0.4, 0.5) is 0 Å². The molecular weight excluding hydrogens is 667 g/mol. The van der Waals surface area contributed by atoms with Gasteiger partial charge in [0.1, 0.15) is 12.2 Å². The minimum Gasteiger partial charge on any atom is -0.457 e. The van der Waals surface area contributed by atoms with Crippen LogP contribution in [0.2, 0.25) is 0 Å². The lowest BCUT2D eigenvalue weighted by Crippen LogP contribution is -2.29. The molecule has 3 atom stereocenters. The number of phosphoric acid groups is 1. The molecule has 0 aliphatic heterocycles. The molecule has 0 spiro atoms. The number of unbranched alkanes of at least 4 members (excludes halogenated alkanes) is 13. The summed E-state index contributed by atoms with van der Waals surface area (Å²) in [6, 6.07) is 0. The van der Waals surface area contributed by atoms with Crippen molar-refractivity contribution in [2.75, 3.05) is 33.0 Å². The normalized spacial score (nSPS) is 14.8. The predicted molar refractivity (Wildman–Crippen MR) is 210 cm³/mol. The second-order valence-electron chi connectivity index (χ2n) is 12.9. The van der Waals surface area contributed by atoms with Crippen LogP contribution in [-0.4, -0.2) is 66.3 Å². The van der Waals surface area contributed by atoms with Crippen LogP contribution in [0.3, 0.4) is 0 Å². The van der Waals surface area contributed by atoms with E-state index in [0.29, 0.717) is 13.0 Å². The monoisotopic (exact) mass is 740 g/mol. The molecule has 9 nitrogen and oxygen atoms in total. The lowest BCUT2D eigenvalue weighted by atomic mass is 10.1. The summed E-state index contributed by atoms with van der Waals surface area (Å²) in [5, 5.41) is 18.3. The molecule has 10 heteroatoms. The number of hydrogen-bond acceptors (Lipinski definition) is 8. The maximum absolute atomic E-state index is 12.6. The van der Waals surface area contributed by atoms with Crippen molar-refractivity contribution in [1.29, 1.82) is 0 Å². The maximum Gasteiger partial charge on any atom is 0.472 e. The summed E-state index contributed by atoms with van der Waals surface area (Å²) in [6.45, 7) is 3.34. The Morgan fingerprint density at radius 3 is 1.67 bits per heavy atom. The van der Waals surface area contributed by atoms with Gasteiger partial charge in [-0.05, 0) is 57.8 Å². The minimum atomic E-state index is -4.52. The first-order valence-corrected chi connectivity index (χ1v) is 21.3. The van der Waals surface area contributed by atoms with E-state index in [1.165, 1.54) is 51.4 Å². The Morgan fingerprint density at radius 1 is 0.627 bits per heavy atom. The van der Waals surface area contributed by atoms with E-state index in [2.05, 4.69) is 74.6 Å². The van der Waals surface area contributed by atoms with E-state index in [-0.39, 0.29) is 13.0 Å².